The van der Waals surface area contributed by atoms with Crippen LogP contribution >= 0.6 is 11.3 Å². The van der Waals surface area contributed by atoms with Gasteiger partial charge in [0.1, 0.15) is 0 Å². The highest BCUT2D eigenvalue weighted by Crippen LogP contribution is 2.23. The second-order valence-corrected chi connectivity index (χ2v) is 6.26. The first-order chi connectivity index (χ1) is 9.71. The summed E-state index contributed by atoms with van der Waals surface area (Å²) in [6.45, 7) is 2.82. The number of carbonyl (C=O) groups excluding carboxylic acids is 1. The van der Waals surface area contributed by atoms with E-state index in [1.54, 1.807) is 11.3 Å². The van der Waals surface area contributed by atoms with E-state index in [2.05, 4.69) is 22.5 Å². The number of hydrogen-bond donors (Lipinski definition) is 3. The molecule has 0 radical (unpaired) electrons. The summed E-state index contributed by atoms with van der Waals surface area (Å²) in [6, 6.07) is 0.114. The Balaban J connectivity index is 1.68. The van der Waals surface area contributed by atoms with Crippen LogP contribution in [0.25, 0.3) is 0 Å². The minimum absolute atomic E-state index is 0.122. The first-order valence-electron chi connectivity index (χ1n) is 7.29. The maximum Gasteiger partial charge on any atom is 0.315 e. The highest BCUT2D eigenvalue weighted by atomic mass is 32.1. The topological polar surface area (TPSA) is 74.2 Å². The minimum atomic E-state index is -0.122. The molecule has 0 bridgehead atoms. The van der Waals surface area contributed by atoms with Crippen molar-refractivity contribution in [3.8, 4) is 0 Å². The first-order valence-corrected chi connectivity index (χ1v) is 8.17. The predicted molar refractivity (Wildman–Crippen MR) is 79.7 cm³/mol. The molecule has 0 aliphatic heterocycles. The van der Waals surface area contributed by atoms with Gasteiger partial charge in [-0.1, -0.05) is 6.92 Å². The average Bonchev–Trinajstić information content (AvgIpc) is 2.94. The molecule has 0 unspecified atom stereocenters. The fraction of sp³-hybridized carbons (Fsp3) is 0.714. The molecule has 1 aromatic rings. The third kappa shape index (κ3) is 4.45. The van der Waals surface area contributed by atoms with E-state index >= 15 is 0 Å². The van der Waals surface area contributed by atoms with E-state index in [4.69, 9.17) is 5.11 Å². The molecule has 2 amide bonds. The SMILES string of the molecule is CCc1nc(CNC(=O)NC2CCC(CO)CC2)cs1. The van der Waals surface area contributed by atoms with Gasteiger partial charge in [0, 0.05) is 18.0 Å². The standard InChI is InChI=1S/C14H23N3O2S/c1-2-13-16-12(9-20-13)7-15-14(19)17-11-5-3-10(8-18)4-6-11/h9-11,18H,2-8H2,1H3,(H2,15,17,19). The number of rotatable bonds is 5. The van der Waals surface area contributed by atoms with Crippen molar-refractivity contribution in [3.63, 3.8) is 0 Å². The van der Waals surface area contributed by atoms with Crippen LogP contribution in [0.1, 0.15) is 43.3 Å². The molecule has 1 heterocycles. The van der Waals surface area contributed by atoms with Crippen molar-refractivity contribution in [2.45, 2.75) is 51.6 Å². The maximum absolute atomic E-state index is 11.8. The van der Waals surface area contributed by atoms with Crippen LogP contribution in [0, 0.1) is 5.92 Å². The number of nitrogens with one attached hydrogen (secondary N) is 2. The van der Waals surface area contributed by atoms with Gasteiger partial charge in [0.2, 0.25) is 0 Å². The Hall–Kier alpha value is -1.14. The van der Waals surface area contributed by atoms with Gasteiger partial charge in [0.25, 0.3) is 0 Å². The lowest BCUT2D eigenvalue weighted by atomic mass is 9.87. The second kappa shape index (κ2) is 7.59. The summed E-state index contributed by atoms with van der Waals surface area (Å²) < 4.78 is 0. The van der Waals surface area contributed by atoms with Gasteiger partial charge in [-0.05, 0) is 38.0 Å². The summed E-state index contributed by atoms with van der Waals surface area (Å²) in [7, 11) is 0. The molecule has 1 aliphatic rings. The van der Waals surface area contributed by atoms with Crippen LogP contribution in [0.5, 0.6) is 0 Å². The zero-order chi connectivity index (χ0) is 14.4. The molecule has 6 heteroatoms. The number of nitrogens with zero attached hydrogens (tertiary/aromatic N) is 1. The summed E-state index contributed by atoms with van der Waals surface area (Å²) in [6.07, 6.45) is 4.83. The number of urea groups is 1. The molecule has 20 heavy (non-hydrogen) atoms. The third-order valence-electron chi connectivity index (χ3n) is 3.77. The molecule has 1 fully saturated rings. The van der Waals surface area contributed by atoms with Crippen molar-refractivity contribution in [2.24, 2.45) is 5.92 Å². The highest BCUT2D eigenvalue weighted by molar-refractivity contribution is 7.09. The Morgan fingerprint density at radius 1 is 1.45 bits per heavy atom. The smallest absolute Gasteiger partial charge is 0.315 e. The van der Waals surface area contributed by atoms with E-state index in [9.17, 15) is 4.79 Å². The van der Waals surface area contributed by atoms with Gasteiger partial charge in [-0.25, -0.2) is 9.78 Å². The van der Waals surface area contributed by atoms with Crippen LogP contribution in [-0.2, 0) is 13.0 Å². The number of thiazole rings is 1. The van der Waals surface area contributed by atoms with Gasteiger partial charge < -0.3 is 15.7 Å². The number of aliphatic hydroxyl groups excluding tert-OH is 1. The summed E-state index contributed by atoms with van der Waals surface area (Å²) in [5, 5.41) is 18.0. The number of aromatic nitrogens is 1. The van der Waals surface area contributed by atoms with E-state index in [1.165, 1.54) is 0 Å². The Kier molecular flexibility index (Phi) is 5.79. The van der Waals surface area contributed by atoms with Crippen LogP contribution in [-0.4, -0.2) is 28.8 Å². The number of amides is 2. The van der Waals surface area contributed by atoms with Crippen molar-refractivity contribution in [3.05, 3.63) is 16.1 Å². The van der Waals surface area contributed by atoms with E-state index in [1.807, 2.05) is 5.38 Å². The predicted octanol–water partition coefficient (Wildman–Crippen LogP) is 2.06. The lowest BCUT2D eigenvalue weighted by molar-refractivity contribution is 0.174. The van der Waals surface area contributed by atoms with Crippen LogP contribution in [0.15, 0.2) is 5.38 Å². The second-order valence-electron chi connectivity index (χ2n) is 5.31. The Morgan fingerprint density at radius 3 is 2.80 bits per heavy atom. The van der Waals surface area contributed by atoms with Crippen molar-refractivity contribution in [2.75, 3.05) is 6.61 Å². The van der Waals surface area contributed by atoms with E-state index in [0.717, 1.165) is 42.8 Å². The van der Waals surface area contributed by atoms with Crippen LogP contribution in [0.3, 0.4) is 0 Å². The highest BCUT2D eigenvalue weighted by Gasteiger charge is 2.21. The molecule has 0 atom stereocenters. The minimum Gasteiger partial charge on any atom is -0.396 e. The van der Waals surface area contributed by atoms with Crippen molar-refractivity contribution < 1.29 is 9.90 Å². The zero-order valence-corrected chi connectivity index (χ0v) is 12.7. The molecule has 1 aliphatic carbocycles. The molecule has 3 N–H and O–H groups in total. The Morgan fingerprint density at radius 2 is 2.20 bits per heavy atom. The summed E-state index contributed by atoms with van der Waals surface area (Å²) in [5.41, 5.74) is 0.922. The molecule has 0 saturated heterocycles. The van der Waals surface area contributed by atoms with Gasteiger partial charge >= 0.3 is 6.03 Å². The third-order valence-corrected chi connectivity index (χ3v) is 4.81. The van der Waals surface area contributed by atoms with Gasteiger partial charge in [0.05, 0.1) is 17.2 Å². The van der Waals surface area contributed by atoms with Gasteiger partial charge in [0.15, 0.2) is 0 Å². The van der Waals surface area contributed by atoms with Crippen molar-refractivity contribution >= 4 is 17.4 Å². The molecular formula is C14H23N3O2S. The van der Waals surface area contributed by atoms with Crippen molar-refractivity contribution in [1.82, 2.24) is 15.6 Å². The fourth-order valence-corrected chi connectivity index (χ4v) is 3.23. The number of hydrogen-bond acceptors (Lipinski definition) is 4. The lowest BCUT2D eigenvalue weighted by Gasteiger charge is -2.27. The maximum atomic E-state index is 11.8. The Bertz CT molecular complexity index is 428. The molecule has 1 aromatic heterocycles. The molecule has 1 saturated carbocycles. The fourth-order valence-electron chi connectivity index (χ4n) is 2.49. The van der Waals surface area contributed by atoms with Crippen molar-refractivity contribution in [1.29, 1.82) is 0 Å². The quantitative estimate of drug-likeness (QED) is 0.779. The van der Waals surface area contributed by atoms with Crippen LogP contribution in [0.4, 0.5) is 4.79 Å². The molecule has 5 nitrogen and oxygen atoms in total. The van der Waals surface area contributed by atoms with Crippen LogP contribution in [0.2, 0.25) is 0 Å². The van der Waals surface area contributed by atoms with Gasteiger partial charge in [-0.15, -0.1) is 11.3 Å². The molecular weight excluding hydrogens is 274 g/mol. The average molecular weight is 297 g/mol. The first kappa shape index (κ1) is 15.3. The summed E-state index contributed by atoms with van der Waals surface area (Å²) in [4.78, 5) is 16.2. The van der Waals surface area contributed by atoms with Gasteiger partial charge in [-0.2, -0.15) is 0 Å². The molecule has 112 valence electrons. The number of carbonyl (C=O) groups is 1. The summed E-state index contributed by atoms with van der Waals surface area (Å²) in [5.74, 6) is 0.415. The van der Waals surface area contributed by atoms with E-state index in [0.29, 0.717) is 12.5 Å². The molecule has 0 spiro atoms. The Labute approximate surface area is 123 Å². The van der Waals surface area contributed by atoms with E-state index < -0.39 is 0 Å². The monoisotopic (exact) mass is 297 g/mol. The number of aliphatic hydroxyl groups is 1. The summed E-state index contributed by atoms with van der Waals surface area (Å²) >= 11 is 1.63. The van der Waals surface area contributed by atoms with Gasteiger partial charge in [-0.3, -0.25) is 0 Å². The lowest BCUT2D eigenvalue weighted by Crippen LogP contribution is -2.43. The molecule has 0 aromatic carbocycles. The largest absolute Gasteiger partial charge is 0.396 e. The van der Waals surface area contributed by atoms with Crippen LogP contribution < -0.4 is 10.6 Å². The zero-order valence-electron chi connectivity index (χ0n) is 11.9. The molecule has 2 rings (SSSR count). The number of aryl methyl sites for hydroxylation is 1. The van der Waals surface area contributed by atoms with E-state index in [-0.39, 0.29) is 18.7 Å². The normalized spacial score (nSPS) is 22.5.